The Morgan fingerprint density at radius 1 is 1.45 bits per heavy atom. The third-order valence-electron chi connectivity index (χ3n) is 3.70. The first-order valence-corrected chi connectivity index (χ1v) is 7.08. The van der Waals surface area contributed by atoms with E-state index in [9.17, 15) is 4.79 Å². The summed E-state index contributed by atoms with van der Waals surface area (Å²) in [6, 6.07) is 8.23. The molecule has 20 heavy (non-hydrogen) atoms. The Morgan fingerprint density at radius 3 is 2.80 bits per heavy atom. The van der Waals surface area contributed by atoms with E-state index >= 15 is 0 Å². The molecule has 1 aromatic carbocycles. The number of carbonyl (C=O) groups excluding carboxylic acids is 1. The summed E-state index contributed by atoms with van der Waals surface area (Å²) >= 11 is 0. The highest BCUT2D eigenvalue weighted by Crippen LogP contribution is 2.16. The van der Waals surface area contributed by atoms with E-state index in [-0.39, 0.29) is 5.91 Å². The van der Waals surface area contributed by atoms with Gasteiger partial charge in [-0.3, -0.25) is 9.69 Å². The summed E-state index contributed by atoms with van der Waals surface area (Å²) in [6.07, 6.45) is 0. The van der Waals surface area contributed by atoms with Crippen molar-refractivity contribution in [2.24, 2.45) is 0 Å². The predicted molar refractivity (Wildman–Crippen MR) is 78.7 cm³/mol. The topological polar surface area (TPSA) is 53.6 Å². The second kappa shape index (κ2) is 7.26. The molecule has 5 heteroatoms. The molecule has 0 spiro atoms. The van der Waals surface area contributed by atoms with Gasteiger partial charge in [0.1, 0.15) is 5.75 Å². The van der Waals surface area contributed by atoms with Crippen molar-refractivity contribution in [3.05, 3.63) is 29.8 Å². The lowest BCUT2D eigenvalue weighted by molar-refractivity contribution is -0.123. The Hall–Kier alpha value is -1.59. The van der Waals surface area contributed by atoms with Gasteiger partial charge in [-0.1, -0.05) is 25.1 Å². The first-order valence-electron chi connectivity index (χ1n) is 7.08. The molecular weight excluding hydrogens is 254 g/mol. The fraction of sp³-hybridized carbons (Fsp3) is 0.533. The summed E-state index contributed by atoms with van der Waals surface area (Å²) in [5, 5.41) is 6.19. The molecule has 5 nitrogen and oxygen atoms in total. The van der Waals surface area contributed by atoms with E-state index in [1.165, 1.54) is 0 Å². The number of amides is 1. The van der Waals surface area contributed by atoms with Crippen LogP contribution < -0.4 is 15.4 Å². The number of nitrogens with one attached hydrogen (secondary N) is 2. The number of benzene rings is 1. The Morgan fingerprint density at radius 2 is 2.20 bits per heavy atom. The molecule has 1 aliphatic heterocycles. The summed E-state index contributed by atoms with van der Waals surface area (Å²) in [5.41, 5.74) is 0.997. The first-order chi connectivity index (χ1) is 9.74. The molecule has 1 amide bonds. The molecule has 2 N–H and O–H groups in total. The van der Waals surface area contributed by atoms with Crippen LogP contribution in [0.3, 0.4) is 0 Å². The van der Waals surface area contributed by atoms with Gasteiger partial charge >= 0.3 is 0 Å². The molecule has 0 aliphatic carbocycles. The summed E-state index contributed by atoms with van der Waals surface area (Å²) in [7, 11) is 1.64. The molecule has 1 aromatic rings. The van der Waals surface area contributed by atoms with Crippen LogP contribution >= 0.6 is 0 Å². The van der Waals surface area contributed by atoms with Gasteiger partial charge in [-0.2, -0.15) is 0 Å². The number of hydrogen-bond donors (Lipinski definition) is 2. The molecule has 1 fully saturated rings. The van der Waals surface area contributed by atoms with Crippen LogP contribution in [0.2, 0.25) is 0 Å². The predicted octanol–water partition coefficient (Wildman–Crippen LogP) is 0.605. The van der Waals surface area contributed by atoms with E-state index in [1.54, 1.807) is 7.11 Å². The van der Waals surface area contributed by atoms with Crippen molar-refractivity contribution >= 4 is 5.91 Å². The maximum absolute atomic E-state index is 12.0. The van der Waals surface area contributed by atoms with E-state index < -0.39 is 0 Å². The van der Waals surface area contributed by atoms with Crippen molar-refractivity contribution in [3.8, 4) is 5.75 Å². The number of carbonyl (C=O) groups is 1. The normalized spacial score (nSPS) is 14.9. The molecule has 1 aliphatic rings. The second-order valence-corrected chi connectivity index (χ2v) is 4.96. The highest BCUT2D eigenvalue weighted by Gasteiger charge is 2.24. The monoisotopic (exact) mass is 277 g/mol. The zero-order valence-electron chi connectivity index (χ0n) is 12.2. The van der Waals surface area contributed by atoms with Crippen molar-refractivity contribution in [1.29, 1.82) is 0 Å². The van der Waals surface area contributed by atoms with Crippen molar-refractivity contribution in [2.75, 3.05) is 33.3 Å². The van der Waals surface area contributed by atoms with Crippen LogP contribution in [-0.4, -0.2) is 50.1 Å². The Bertz CT molecular complexity index is 446. The van der Waals surface area contributed by atoms with Crippen LogP contribution in [0.25, 0.3) is 0 Å². The standard InChI is InChI=1S/C15H23N3O2/c1-3-18(13-9-16-10-13)11-15(19)17-8-12-6-4-5-7-14(12)20-2/h4-7,13,16H,3,8-11H2,1-2H3,(H,17,19). The van der Waals surface area contributed by atoms with Gasteiger partial charge in [-0.15, -0.1) is 0 Å². The maximum Gasteiger partial charge on any atom is 0.234 e. The van der Waals surface area contributed by atoms with Gasteiger partial charge in [0.2, 0.25) is 5.91 Å². The zero-order chi connectivity index (χ0) is 14.4. The van der Waals surface area contributed by atoms with Crippen LogP contribution in [0, 0.1) is 0 Å². The summed E-state index contributed by atoms with van der Waals surface area (Å²) in [6.45, 7) is 5.91. The minimum Gasteiger partial charge on any atom is -0.496 e. The van der Waals surface area contributed by atoms with Crippen LogP contribution in [0.1, 0.15) is 12.5 Å². The van der Waals surface area contributed by atoms with Gasteiger partial charge in [0.25, 0.3) is 0 Å². The molecule has 0 radical (unpaired) electrons. The molecule has 1 heterocycles. The number of rotatable bonds is 7. The molecule has 1 saturated heterocycles. The Balaban J connectivity index is 1.82. The van der Waals surface area contributed by atoms with Gasteiger partial charge in [0, 0.05) is 31.2 Å². The maximum atomic E-state index is 12.0. The Labute approximate surface area is 120 Å². The van der Waals surface area contributed by atoms with Crippen LogP contribution in [0.5, 0.6) is 5.75 Å². The quantitative estimate of drug-likeness (QED) is 0.766. The second-order valence-electron chi connectivity index (χ2n) is 4.96. The van der Waals surface area contributed by atoms with Gasteiger partial charge in [0.05, 0.1) is 13.7 Å². The number of para-hydroxylation sites is 1. The van der Waals surface area contributed by atoms with Crippen LogP contribution in [-0.2, 0) is 11.3 Å². The van der Waals surface area contributed by atoms with Gasteiger partial charge in [-0.25, -0.2) is 0 Å². The van der Waals surface area contributed by atoms with Gasteiger partial charge in [-0.05, 0) is 12.6 Å². The SMILES string of the molecule is CCN(CC(=O)NCc1ccccc1OC)C1CNC1. The van der Waals surface area contributed by atoms with Crippen molar-refractivity contribution in [2.45, 2.75) is 19.5 Å². The largest absolute Gasteiger partial charge is 0.496 e. The summed E-state index contributed by atoms with van der Waals surface area (Å²) in [4.78, 5) is 14.2. The Kier molecular flexibility index (Phi) is 5.38. The minimum atomic E-state index is 0.0599. The van der Waals surface area contributed by atoms with E-state index in [0.717, 1.165) is 30.9 Å². The minimum absolute atomic E-state index is 0.0599. The van der Waals surface area contributed by atoms with E-state index in [2.05, 4.69) is 22.5 Å². The van der Waals surface area contributed by atoms with Crippen molar-refractivity contribution in [1.82, 2.24) is 15.5 Å². The molecule has 0 unspecified atom stereocenters. The molecule has 110 valence electrons. The first kappa shape index (κ1) is 14.8. The average Bonchev–Trinajstić information content (AvgIpc) is 2.42. The molecule has 0 atom stereocenters. The van der Waals surface area contributed by atoms with E-state index in [1.807, 2.05) is 24.3 Å². The molecular formula is C15H23N3O2. The van der Waals surface area contributed by atoms with Gasteiger partial charge < -0.3 is 15.4 Å². The smallest absolute Gasteiger partial charge is 0.234 e. The molecule has 0 bridgehead atoms. The average molecular weight is 277 g/mol. The van der Waals surface area contributed by atoms with Gasteiger partial charge in [0.15, 0.2) is 0 Å². The molecule has 2 rings (SSSR count). The van der Waals surface area contributed by atoms with Crippen LogP contribution in [0.15, 0.2) is 24.3 Å². The van der Waals surface area contributed by atoms with Crippen LogP contribution in [0.4, 0.5) is 0 Å². The van der Waals surface area contributed by atoms with Crippen molar-refractivity contribution in [3.63, 3.8) is 0 Å². The summed E-state index contributed by atoms with van der Waals surface area (Å²) < 4.78 is 5.27. The third-order valence-corrected chi connectivity index (χ3v) is 3.70. The third kappa shape index (κ3) is 3.71. The lowest BCUT2D eigenvalue weighted by Crippen LogP contribution is -2.58. The number of methoxy groups -OCH3 is 1. The van der Waals surface area contributed by atoms with E-state index in [0.29, 0.717) is 19.1 Å². The number of likely N-dealkylation sites (N-methyl/N-ethyl adjacent to an activating group) is 1. The lowest BCUT2D eigenvalue weighted by Gasteiger charge is -2.37. The fourth-order valence-electron chi connectivity index (χ4n) is 2.31. The molecule has 0 saturated carbocycles. The fourth-order valence-corrected chi connectivity index (χ4v) is 2.31. The number of hydrogen-bond acceptors (Lipinski definition) is 4. The highest BCUT2D eigenvalue weighted by atomic mass is 16.5. The summed E-state index contributed by atoms with van der Waals surface area (Å²) in [5.74, 6) is 0.869. The van der Waals surface area contributed by atoms with E-state index in [4.69, 9.17) is 4.74 Å². The number of nitrogens with zero attached hydrogens (tertiary/aromatic N) is 1. The number of ether oxygens (including phenoxy) is 1. The highest BCUT2D eigenvalue weighted by molar-refractivity contribution is 5.78. The van der Waals surface area contributed by atoms with Crippen molar-refractivity contribution < 1.29 is 9.53 Å². The molecule has 0 aromatic heterocycles. The zero-order valence-corrected chi connectivity index (χ0v) is 12.2. The lowest BCUT2D eigenvalue weighted by atomic mass is 10.1.